The predicted molar refractivity (Wildman–Crippen MR) is 136 cm³/mol. The minimum absolute atomic E-state index is 0.00417. The first kappa shape index (κ1) is 25.0. The number of rotatable bonds is 7. The van der Waals surface area contributed by atoms with Gasteiger partial charge in [-0.05, 0) is 41.7 Å². The highest BCUT2D eigenvalue weighted by Crippen LogP contribution is 2.34. The molecule has 2 heterocycles. The van der Waals surface area contributed by atoms with E-state index in [4.69, 9.17) is 9.47 Å². The number of benzene rings is 2. The van der Waals surface area contributed by atoms with Gasteiger partial charge in [0.25, 0.3) is 0 Å². The van der Waals surface area contributed by atoms with Crippen molar-refractivity contribution >= 4 is 11.8 Å². The topological polar surface area (TPSA) is 71.1 Å². The van der Waals surface area contributed by atoms with Crippen molar-refractivity contribution in [3.63, 3.8) is 0 Å². The fourth-order valence-corrected chi connectivity index (χ4v) is 4.67. The van der Waals surface area contributed by atoms with E-state index in [9.17, 15) is 9.59 Å². The second kappa shape index (κ2) is 11.6. The molecular weight excluding hydrogens is 442 g/mol. The first-order valence-electron chi connectivity index (χ1n) is 12.6. The number of fused-ring (bicyclic) bond motifs is 1. The Morgan fingerprint density at radius 1 is 0.971 bits per heavy atom. The van der Waals surface area contributed by atoms with E-state index >= 15 is 0 Å². The largest absolute Gasteiger partial charge is 0.490 e. The number of aryl methyl sites for hydroxylation is 1. The maximum atomic E-state index is 12.9. The average Bonchev–Trinajstić information content (AvgIpc) is 3.09. The molecule has 1 atom stereocenters. The summed E-state index contributed by atoms with van der Waals surface area (Å²) in [6.07, 6.45) is 1.29. The molecule has 35 heavy (non-hydrogen) atoms. The summed E-state index contributed by atoms with van der Waals surface area (Å²) in [6, 6.07) is 13.8. The zero-order chi connectivity index (χ0) is 24.8. The van der Waals surface area contributed by atoms with Crippen LogP contribution in [0.1, 0.15) is 43.0 Å². The Kier molecular flexibility index (Phi) is 8.29. The standard InChI is InChI=1S/C28H37N3O4/c1-20(2)28(23-9-10-24-25(17-23)35-16-6-15-34-24)29-26(32)19-30-11-13-31(14-12-30)27(33)18-22-8-5-4-7-21(22)3/h4-5,7-10,17,20,28H,6,11-16,18-19H2,1-3H3,(H,29,32). The van der Waals surface area contributed by atoms with Crippen LogP contribution in [0.5, 0.6) is 11.5 Å². The third kappa shape index (κ3) is 6.54. The molecule has 1 N–H and O–H groups in total. The number of piperazine rings is 1. The Labute approximate surface area is 208 Å². The molecule has 0 spiro atoms. The van der Waals surface area contributed by atoms with Gasteiger partial charge >= 0.3 is 0 Å². The molecule has 0 aliphatic carbocycles. The number of nitrogens with zero attached hydrogens (tertiary/aromatic N) is 2. The van der Waals surface area contributed by atoms with Crippen molar-refractivity contribution in [1.29, 1.82) is 0 Å². The van der Waals surface area contributed by atoms with E-state index in [0.717, 1.165) is 34.6 Å². The Hall–Kier alpha value is -3.06. The maximum absolute atomic E-state index is 12.9. The molecular formula is C28H37N3O4. The molecule has 2 aliphatic rings. The first-order chi connectivity index (χ1) is 16.9. The van der Waals surface area contributed by atoms with Gasteiger partial charge < -0.3 is 19.7 Å². The summed E-state index contributed by atoms with van der Waals surface area (Å²) in [6.45, 7) is 10.5. The van der Waals surface area contributed by atoms with E-state index in [2.05, 4.69) is 24.1 Å². The van der Waals surface area contributed by atoms with E-state index in [-0.39, 0.29) is 23.8 Å². The van der Waals surface area contributed by atoms with Gasteiger partial charge in [0.15, 0.2) is 11.5 Å². The van der Waals surface area contributed by atoms with Crippen LogP contribution in [-0.4, -0.2) is 67.6 Å². The molecule has 0 bridgehead atoms. The van der Waals surface area contributed by atoms with Gasteiger partial charge in [0.05, 0.1) is 32.2 Å². The van der Waals surface area contributed by atoms with Crippen molar-refractivity contribution < 1.29 is 19.1 Å². The SMILES string of the molecule is Cc1ccccc1CC(=O)N1CCN(CC(=O)NC(c2ccc3c(c2)OCCCO3)C(C)C)CC1. The number of hydrogen-bond donors (Lipinski definition) is 1. The third-order valence-electron chi connectivity index (χ3n) is 6.81. The molecule has 7 nitrogen and oxygen atoms in total. The summed E-state index contributed by atoms with van der Waals surface area (Å²) < 4.78 is 11.6. The lowest BCUT2D eigenvalue weighted by molar-refractivity contribution is -0.132. The van der Waals surface area contributed by atoms with Gasteiger partial charge in [0.1, 0.15) is 0 Å². The fourth-order valence-electron chi connectivity index (χ4n) is 4.67. The highest BCUT2D eigenvalue weighted by molar-refractivity contribution is 5.80. The highest BCUT2D eigenvalue weighted by Gasteiger charge is 2.25. The quantitative estimate of drug-likeness (QED) is 0.660. The Morgan fingerprint density at radius 2 is 1.69 bits per heavy atom. The first-order valence-corrected chi connectivity index (χ1v) is 12.6. The van der Waals surface area contributed by atoms with Crippen LogP contribution in [0.25, 0.3) is 0 Å². The molecule has 2 aromatic rings. The average molecular weight is 480 g/mol. The van der Waals surface area contributed by atoms with E-state index in [1.165, 1.54) is 0 Å². The molecule has 0 radical (unpaired) electrons. The lowest BCUT2D eigenvalue weighted by atomic mass is 9.95. The van der Waals surface area contributed by atoms with E-state index in [1.807, 2.05) is 54.3 Å². The molecule has 2 aromatic carbocycles. The van der Waals surface area contributed by atoms with Crippen LogP contribution in [0, 0.1) is 12.8 Å². The molecule has 2 aliphatic heterocycles. The summed E-state index contributed by atoms with van der Waals surface area (Å²) in [5, 5.41) is 3.22. The summed E-state index contributed by atoms with van der Waals surface area (Å²) in [5.74, 6) is 1.87. The number of carbonyl (C=O) groups is 2. The zero-order valence-corrected chi connectivity index (χ0v) is 21.1. The van der Waals surface area contributed by atoms with Gasteiger partial charge in [-0.1, -0.05) is 44.2 Å². The van der Waals surface area contributed by atoms with Crippen molar-refractivity contribution in [3.8, 4) is 11.5 Å². The Balaban J connectivity index is 1.29. The molecule has 7 heteroatoms. The number of nitrogens with one attached hydrogen (secondary N) is 1. The Bertz CT molecular complexity index is 1030. The van der Waals surface area contributed by atoms with E-state index in [1.54, 1.807) is 0 Å². The molecule has 0 aromatic heterocycles. The molecule has 188 valence electrons. The van der Waals surface area contributed by atoms with Crippen molar-refractivity contribution in [3.05, 3.63) is 59.2 Å². The summed E-state index contributed by atoms with van der Waals surface area (Å²) in [7, 11) is 0. The summed E-state index contributed by atoms with van der Waals surface area (Å²) in [5.41, 5.74) is 3.24. The lowest BCUT2D eigenvalue weighted by Gasteiger charge is -2.35. The predicted octanol–water partition coefficient (Wildman–Crippen LogP) is 3.36. The lowest BCUT2D eigenvalue weighted by Crippen LogP contribution is -2.51. The molecule has 0 saturated carbocycles. The van der Waals surface area contributed by atoms with Crippen molar-refractivity contribution in [2.45, 2.75) is 39.7 Å². The normalized spacial score (nSPS) is 17.1. The smallest absolute Gasteiger partial charge is 0.234 e. The molecule has 1 fully saturated rings. The van der Waals surface area contributed by atoms with Gasteiger partial charge in [-0.25, -0.2) is 0 Å². The zero-order valence-electron chi connectivity index (χ0n) is 21.1. The van der Waals surface area contributed by atoms with Crippen molar-refractivity contribution in [2.24, 2.45) is 5.92 Å². The van der Waals surface area contributed by atoms with Crippen LogP contribution in [0.2, 0.25) is 0 Å². The van der Waals surface area contributed by atoms with Gasteiger partial charge in [-0.15, -0.1) is 0 Å². The minimum atomic E-state index is -0.114. The number of ether oxygens (including phenoxy) is 2. The van der Waals surface area contributed by atoms with E-state index < -0.39 is 0 Å². The van der Waals surface area contributed by atoms with E-state index in [0.29, 0.717) is 52.4 Å². The summed E-state index contributed by atoms with van der Waals surface area (Å²) in [4.78, 5) is 29.7. The van der Waals surface area contributed by atoms with Gasteiger partial charge in [-0.3, -0.25) is 14.5 Å². The second-order valence-corrected chi connectivity index (χ2v) is 9.81. The molecule has 4 rings (SSSR count). The van der Waals surface area contributed by atoms with Gasteiger partial charge in [-0.2, -0.15) is 0 Å². The number of hydrogen-bond acceptors (Lipinski definition) is 5. The molecule has 2 amide bonds. The fraction of sp³-hybridized carbons (Fsp3) is 0.500. The van der Waals surface area contributed by atoms with Crippen LogP contribution in [0.15, 0.2) is 42.5 Å². The summed E-state index contributed by atoms with van der Waals surface area (Å²) >= 11 is 0. The third-order valence-corrected chi connectivity index (χ3v) is 6.81. The van der Waals surface area contributed by atoms with Crippen molar-refractivity contribution in [2.75, 3.05) is 45.9 Å². The van der Waals surface area contributed by atoms with Crippen LogP contribution >= 0.6 is 0 Å². The monoisotopic (exact) mass is 479 g/mol. The van der Waals surface area contributed by atoms with Crippen LogP contribution in [0.4, 0.5) is 0 Å². The second-order valence-electron chi connectivity index (χ2n) is 9.81. The van der Waals surface area contributed by atoms with Gasteiger partial charge in [0, 0.05) is 32.6 Å². The van der Waals surface area contributed by atoms with Crippen LogP contribution in [-0.2, 0) is 16.0 Å². The van der Waals surface area contributed by atoms with Crippen molar-refractivity contribution in [1.82, 2.24) is 15.1 Å². The number of amides is 2. The van der Waals surface area contributed by atoms with Crippen LogP contribution in [0.3, 0.4) is 0 Å². The molecule has 1 unspecified atom stereocenters. The highest BCUT2D eigenvalue weighted by atomic mass is 16.5. The van der Waals surface area contributed by atoms with Gasteiger partial charge in [0.2, 0.25) is 11.8 Å². The number of carbonyl (C=O) groups excluding carboxylic acids is 2. The van der Waals surface area contributed by atoms with Crippen LogP contribution < -0.4 is 14.8 Å². The minimum Gasteiger partial charge on any atom is -0.490 e. The molecule has 1 saturated heterocycles. The maximum Gasteiger partial charge on any atom is 0.234 e. The Morgan fingerprint density at radius 3 is 2.40 bits per heavy atom.